The van der Waals surface area contributed by atoms with Crippen LogP contribution < -0.4 is 10.1 Å². The number of carbonyl (C=O) groups is 3. The number of pyridine rings is 1. The van der Waals surface area contributed by atoms with Gasteiger partial charge < -0.3 is 20.3 Å². The van der Waals surface area contributed by atoms with Crippen LogP contribution in [0, 0.1) is 0 Å². The first kappa shape index (κ1) is 17.0. The van der Waals surface area contributed by atoms with Gasteiger partial charge in [-0.15, -0.1) is 0 Å². The maximum absolute atomic E-state index is 11.4. The van der Waals surface area contributed by atoms with Crippen molar-refractivity contribution in [2.45, 2.75) is 6.92 Å². The number of nitrogens with one attached hydrogen (secondary N) is 1. The molecule has 2 heterocycles. The SMILES string of the molecule is CC(=O)Nc1ccc(Oc2ccc3cc(C(=O)O)n(C(=O)O)c3c2)nc1. The fraction of sp³-hybridized carbons (Fsp3) is 0.0588. The van der Waals surface area contributed by atoms with Crippen LogP contribution in [-0.4, -0.2) is 37.7 Å². The van der Waals surface area contributed by atoms with Gasteiger partial charge in [0.2, 0.25) is 11.8 Å². The third-order valence-electron chi connectivity index (χ3n) is 3.47. The summed E-state index contributed by atoms with van der Waals surface area (Å²) in [6.45, 7) is 1.38. The summed E-state index contributed by atoms with van der Waals surface area (Å²) in [6.07, 6.45) is 0.00455. The van der Waals surface area contributed by atoms with Crippen molar-refractivity contribution in [3.8, 4) is 11.6 Å². The van der Waals surface area contributed by atoms with Gasteiger partial charge in [-0.2, -0.15) is 0 Å². The number of aromatic nitrogens is 2. The van der Waals surface area contributed by atoms with Crippen molar-refractivity contribution < 1.29 is 29.3 Å². The van der Waals surface area contributed by atoms with Crippen LogP contribution in [0.15, 0.2) is 42.6 Å². The van der Waals surface area contributed by atoms with E-state index in [0.717, 1.165) is 0 Å². The third-order valence-corrected chi connectivity index (χ3v) is 3.47. The Hall–Kier alpha value is -3.88. The number of hydrogen-bond donors (Lipinski definition) is 3. The monoisotopic (exact) mass is 355 g/mol. The predicted octanol–water partition coefficient (Wildman–Crippen LogP) is 3.01. The van der Waals surface area contributed by atoms with E-state index in [2.05, 4.69) is 10.3 Å². The number of rotatable bonds is 4. The van der Waals surface area contributed by atoms with Crippen LogP contribution in [0.4, 0.5) is 10.5 Å². The molecule has 3 rings (SSSR count). The van der Waals surface area contributed by atoms with E-state index < -0.39 is 12.1 Å². The van der Waals surface area contributed by atoms with Crippen LogP contribution in [0.25, 0.3) is 10.9 Å². The Morgan fingerprint density at radius 2 is 1.88 bits per heavy atom. The summed E-state index contributed by atoms with van der Waals surface area (Å²) in [7, 11) is 0. The molecular weight excluding hydrogens is 342 g/mol. The van der Waals surface area contributed by atoms with E-state index in [4.69, 9.17) is 9.84 Å². The molecule has 3 N–H and O–H groups in total. The van der Waals surface area contributed by atoms with Gasteiger partial charge in [0.25, 0.3) is 0 Å². The molecule has 0 atom stereocenters. The molecule has 0 bridgehead atoms. The van der Waals surface area contributed by atoms with Gasteiger partial charge in [0.05, 0.1) is 17.4 Å². The van der Waals surface area contributed by atoms with Crippen molar-refractivity contribution in [2.24, 2.45) is 0 Å². The highest BCUT2D eigenvalue weighted by atomic mass is 16.5. The van der Waals surface area contributed by atoms with Crippen LogP contribution in [0.3, 0.4) is 0 Å². The lowest BCUT2D eigenvalue weighted by atomic mass is 10.2. The first-order chi connectivity index (χ1) is 12.3. The van der Waals surface area contributed by atoms with Crippen molar-refractivity contribution in [1.29, 1.82) is 0 Å². The number of anilines is 1. The summed E-state index contributed by atoms with van der Waals surface area (Å²) in [4.78, 5) is 37.7. The number of fused-ring (bicyclic) bond motifs is 1. The van der Waals surface area contributed by atoms with E-state index in [1.165, 1.54) is 31.3 Å². The maximum atomic E-state index is 11.4. The van der Waals surface area contributed by atoms with Crippen molar-refractivity contribution in [1.82, 2.24) is 9.55 Å². The Labute approximate surface area is 146 Å². The minimum absolute atomic E-state index is 0.183. The number of carboxylic acid groups (broad SMARTS) is 2. The first-order valence-electron chi connectivity index (χ1n) is 7.39. The summed E-state index contributed by atoms with van der Waals surface area (Å²) in [5, 5.41) is 21.5. The number of nitrogens with zero attached hydrogens (tertiary/aromatic N) is 2. The van der Waals surface area contributed by atoms with Crippen LogP contribution in [0.2, 0.25) is 0 Å². The summed E-state index contributed by atoms with van der Waals surface area (Å²) >= 11 is 0. The fourth-order valence-corrected chi connectivity index (χ4v) is 2.45. The molecule has 0 spiro atoms. The van der Waals surface area contributed by atoms with Gasteiger partial charge in [0.15, 0.2) is 0 Å². The molecular formula is C17H13N3O6. The lowest BCUT2D eigenvalue weighted by Gasteiger charge is -2.07. The van der Waals surface area contributed by atoms with E-state index in [1.54, 1.807) is 18.2 Å². The summed E-state index contributed by atoms with van der Waals surface area (Å²) < 4.78 is 6.25. The Balaban J connectivity index is 1.93. The molecule has 132 valence electrons. The van der Waals surface area contributed by atoms with Gasteiger partial charge in [0, 0.05) is 24.4 Å². The standard InChI is InChI=1S/C17H13N3O6/c1-9(21)19-11-3-5-15(18-8-11)26-12-4-2-10-6-14(16(22)23)20(17(24)25)13(10)7-12/h2-8H,1H3,(H,19,21)(H,22,23)(H,24,25). The largest absolute Gasteiger partial charge is 0.477 e. The number of carbonyl (C=O) groups excluding carboxylic acids is 1. The number of aromatic carboxylic acids is 1. The predicted molar refractivity (Wildman–Crippen MR) is 90.9 cm³/mol. The minimum Gasteiger partial charge on any atom is -0.477 e. The van der Waals surface area contributed by atoms with Crippen LogP contribution in [-0.2, 0) is 4.79 Å². The third kappa shape index (κ3) is 3.31. The average molecular weight is 355 g/mol. The molecule has 0 saturated carbocycles. The molecule has 0 aliphatic heterocycles. The second-order valence-electron chi connectivity index (χ2n) is 5.34. The van der Waals surface area contributed by atoms with E-state index in [-0.39, 0.29) is 28.7 Å². The second-order valence-corrected chi connectivity index (χ2v) is 5.34. The zero-order valence-corrected chi connectivity index (χ0v) is 13.5. The minimum atomic E-state index is -1.41. The molecule has 1 amide bonds. The average Bonchev–Trinajstić information content (AvgIpc) is 2.95. The van der Waals surface area contributed by atoms with Crippen molar-refractivity contribution in [2.75, 3.05) is 5.32 Å². The van der Waals surface area contributed by atoms with Crippen LogP contribution in [0.5, 0.6) is 11.6 Å². The summed E-state index contributed by atoms with van der Waals surface area (Å²) in [5.74, 6) is -1.06. The lowest BCUT2D eigenvalue weighted by molar-refractivity contribution is -0.114. The quantitative estimate of drug-likeness (QED) is 0.655. The van der Waals surface area contributed by atoms with Crippen molar-refractivity contribution in [3.63, 3.8) is 0 Å². The molecule has 0 unspecified atom stereocenters. The maximum Gasteiger partial charge on any atom is 0.416 e. The van der Waals surface area contributed by atoms with E-state index in [1.807, 2.05) is 0 Å². The van der Waals surface area contributed by atoms with Crippen LogP contribution >= 0.6 is 0 Å². The molecule has 3 aromatic rings. The van der Waals surface area contributed by atoms with Crippen molar-refractivity contribution >= 4 is 34.6 Å². The Morgan fingerprint density at radius 1 is 1.12 bits per heavy atom. The smallest absolute Gasteiger partial charge is 0.416 e. The first-order valence-corrected chi connectivity index (χ1v) is 7.39. The highest BCUT2D eigenvalue weighted by Gasteiger charge is 2.19. The number of benzene rings is 1. The molecule has 2 aromatic heterocycles. The molecule has 9 heteroatoms. The topological polar surface area (TPSA) is 131 Å². The number of amides is 1. The van der Waals surface area contributed by atoms with E-state index in [9.17, 15) is 19.5 Å². The van der Waals surface area contributed by atoms with Gasteiger partial charge in [-0.05, 0) is 24.3 Å². The van der Waals surface area contributed by atoms with E-state index in [0.29, 0.717) is 15.6 Å². The molecule has 0 radical (unpaired) electrons. The summed E-state index contributed by atoms with van der Waals surface area (Å²) in [5.41, 5.74) is 0.329. The van der Waals surface area contributed by atoms with Gasteiger partial charge >= 0.3 is 12.1 Å². The fourth-order valence-electron chi connectivity index (χ4n) is 2.45. The number of ether oxygens (including phenoxy) is 1. The summed E-state index contributed by atoms with van der Waals surface area (Å²) in [6, 6.07) is 8.96. The molecule has 0 saturated heterocycles. The number of carboxylic acids is 1. The van der Waals surface area contributed by atoms with Gasteiger partial charge in [-0.1, -0.05) is 0 Å². The Bertz CT molecular complexity index is 1020. The highest BCUT2D eigenvalue weighted by molar-refractivity contribution is 6.00. The highest BCUT2D eigenvalue weighted by Crippen LogP contribution is 2.27. The van der Waals surface area contributed by atoms with Gasteiger partial charge in [-0.3, -0.25) is 4.79 Å². The van der Waals surface area contributed by atoms with Gasteiger partial charge in [-0.25, -0.2) is 19.1 Å². The Kier molecular flexibility index (Phi) is 4.27. The second kappa shape index (κ2) is 6.55. The van der Waals surface area contributed by atoms with E-state index >= 15 is 0 Å². The molecule has 9 nitrogen and oxygen atoms in total. The zero-order chi connectivity index (χ0) is 18.8. The van der Waals surface area contributed by atoms with Gasteiger partial charge in [0.1, 0.15) is 11.4 Å². The van der Waals surface area contributed by atoms with Crippen LogP contribution in [0.1, 0.15) is 17.4 Å². The molecule has 0 fully saturated rings. The molecule has 0 aliphatic rings. The van der Waals surface area contributed by atoms with Crippen molar-refractivity contribution in [3.05, 3.63) is 48.3 Å². The zero-order valence-electron chi connectivity index (χ0n) is 13.5. The molecule has 26 heavy (non-hydrogen) atoms. The molecule has 1 aromatic carbocycles. The lowest BCUT2D eigenvalue weighted by Crippen LogP contribution is -2.14. The number of hydrogen-bond acceptors (Lipinski definition) is 5. The molecule has 0 aliphatic carbocycles. The Morgan fingerprint density at radius 3 is 2.46 bits per heavy atom. The normalized spacial score (nSPS) is 10.5.